The Balaban J connectivity index is 2.07. The third-order valence-corrected chi connectivity index (χ3v) is 2.77. The number of pyridine rings is 1. The summed E-state index contributed by atoms with van der Waals surface area (Å²) < 4.78 is 5.76. The molecule has 1 atom stereocenters. The van der Waals surface area contributed by atoms with E-state index < -0.39 is 0 Å². The summed E-state index contributed by atoms with van der Waals surface area (Å²) >= 11 is 5.95. The number of nitrogen functional groups attached to an aromatic ring is 1. The molecule has 0 unspecified atom stereocenters. The number of likely N-dealkylation sites (tertiary alicyclic amines) is 1. The number of anilines is 1. The van der Waals surface area contributed by atoms with Crippen LogP contribution in [0.25, 0.3) is 0 Å². The van der Waals surface area contributed by atoms with Crippen molar-refractivity contribution in [2.45, 2.75) is 12.5 Å². The van der Waals surface area contributed by atoms with Gasteiger partial charge in [-0.25, -0.2) is 4.98 Å². The number of hydrogen-bond acceptors (Lipinski definition) is 4. The molecular weight excluding hydrogens is 214 g/mol. The van der Waals surface area contributed by atoms with Crippen molar-refractivity contribution in [2.24, 2.45) is 0 Å². The molecule has 0 saturated carbocycles. The zero-order chi connectivity index (χ0) is 10.8. The van der Waals surface area contributed by atoms with Crippen molar-refractivity contribution in [1.29, 1.82) is 0 Å². The molecule has 0 spiro atoms. The van der Waals surface area contributed by atoms with Gasteiger partial charge in [-0.05, 0) is 13.5 Å². The van der Waals surface area contributed by atoms with Crippen molar-refractivity contribution in [1.82, 2.24) is 9.88 Å². The Kier molecular flexibility index (Phi) is 2.98. The number of hydrogen-bond donors (Lipinski definition) is 1. The van der Waals surface area contributed by atoms with Crippen LogP contribution in [0.1, 0.15) is 6.42 Å². The van der Waals surface area contributed by atoms with Crippen LogP contribution in [0.2, 0.25) is 5.02 Å². The van der Waals surface area contributed by atoms with Crippen molar-refractivity contribution in [3.63, 3.8) is 0 Å². The van der Waals surface area contributed by atoms with E-state index in [9.17, 15) is 0 Å². The van der Waals surface area contributed by atoms with E-state index >= 15 is 0 Å². The Morgan fingerprint density at radius 3 is 3.13 bits per heavy atom. The fourth-order valence-electron chi connectivity index (χ4n) is 1.70. The second kappa shape index (κ2) is 4.24. The Labute approximate surface area is 94.0 Å². The summed E-state index contributed by atoms with van der Waals surface area (Å²) in [5.74, 6) is 1.06. The van der Waals surface area contributed by atoms with Gasteiger partial charge in [0.05, 0.1) is 6.20 Å². The number of halogens is 1. The lowest BCUT2D eigenvalue weighted by Gasteiger charge is -2.14. The van der Waals surface area contributed by atoms with Gasteiger partial charge in [-0.3, -0.25) is 0 Å². The molecule has 1 aliphatic heterocycles. The lowest BCUT2D eigenvalue weighted by Crippen LogP contribution is -2.21. The molecule has 1 aromatic heterocycles. The van der Waals surface area contributed by atoms with Crippen LogP contribution < -0.4 is 10.5 Å². The van der Waals surface area contributed by atoms with Crippen LogP contribution in [0.4, 0.5) is 5.82 Å². The van der Waals surface area contributed by atoms with Crippen molar-refractivity contribution < 1.29 is 4.74 Å². The molecule has 2 N–H and O–H groups in total. The van der Waals surface area contributed by atoms with Gasteiger partial charge in [0.2, 0.25) is 0 Å². The minimum atomic E-state index is 0.203. The van der Waals surface area contributed by atoms with Crippen LogP contribution in [0.5, 0.6) is 5.75 Å². The number of rotatable bonds is 2. The Morgan fingerprint density at radius 2 is 2.47 bits per heavy atom. The second-order valence-corrected chi connectivity index (χ2v) is 4.24. The highest BCUT2D eigenvalue weighted by Crippen LogP contribution is 2.27. The summed E-state index contributed by atoms with van der Waals surface area (Å²) in [4.78, 5) is 6.11. The summed E-state index contributed by atoms with van der Waals surface area (Å²) in [6.45, 7) is 1.99. The normalized spacial score (nSPS) is 21.9. The van der Waals surface area contributed by atoms with Crippen LogP contribution in [-0.4, -0.2) is 36.1 Å². The average molecular weight is 228 g/mol. The van der Waals surface area contributed by atoms with E-state index in [1.807, 2.05) is 0 Å². The average Bonchev–Trinajstić information content (AvgIpc) is 2.58. The minimum Gasteiger partial charge on any atom is -0.487 e. The van der Waals surface area contributed by atoms with Gasteiger partial charge in [0.25, 0.3) is 0 Å². The van der Waals surface area contributed by atoms with Gasteiger partial charge in [0, 0.05) is 19.2 Å². The molecule has 4 nitrogen and oxygen atoms in total. The molecule has 82 valence electrons. The molecule has 2 rings (SSSR count). The van der Waals surface area contributed by atoms with E-state index in [4.69, 9.17) is 22.1 Å². The molecule has 0 bridgehead atoms. The topological polar surface area (TPSA) is 51.4 Å². The van der Waals surface area contributed by atoms with Crippen LogP contribution >= 0.6 is 11.6 Å². The molecule has 1 aromatic rings. The highest BCUT2D eigenvalue weighted by atomic mass is 35.5. The third kappa shape index (κ3) is 2.52. The van der Waals surface area contributed by atoms with Crippen molar-refractivity contribution in [3.05, 3.63) is 17.3 Å². The first-order chi connectivity index (χ1) is 7.15. The van der Waals surface area contributed by atoms with E-state index in [2.05, 4.69) is 16.9 Å². The fourth-order valence-corrected chi connectivity index (χ4v) is 1.84. The predicted octanol–water partition coefficient (Wildman–Crippen LogP) is 1.40. The SMILES string of the molecule is CN1CC[C@H](Oc2cc(N)ncc2Cl)C1. The second-order valence-electron chi connectivity index (χ2n) is 3.83. The van der Waals surface area contributed by atoms with Gasteiger partial charge < -0.3 is 15.4 Å². The maximum absolute atomic E-state index is 5.95. The zero-order valence-electron chi connectivity index (χ0n) is 8.61. The molecule has 0 radical (unpaired) electrons. The number of aromatic nitrogens is 1. The van der Waals surface area contributed by atoms with Crippen molar-refractivity contribution in [3.8, 4) is 5.75 Å². The first-order valence-corrected chi connectivity index (χ1v) is 5.29. The number of likely N-dealkylation sites (N-methyl/N-ethyl adjacent to an activating group) is 1. The van der Waals surface area contributed by atoms with E-state index in [-0.39, 0.29) is 6.10 Å². The van der Waals surface area contributed by atoms with Gasteiger partial charge in [-0.1, -0.05) is 11.6 Å². The maximum atomic E-state index is 5.95. The smallest absolute Gasteiger partial charge is 0.143 e. The Hall–Kier alpha value is -1.00. The van der Waals surface area contributed by atoms with E-state index in [1.54, 1.807) is 6.07 Å². The molecule has 0 aromatic carbocycles. The number of nitrogens with two attached hydrogens (primary N) is 1. The largest absolute Gasteiger partial charge is 0.487 e. The molecule has 0 aliphatic carbocycles. The summed E-state index contributed by atoms with van der Waals surface area (Å²) in [7, 11) is 2.08. The maximum Gasteiger partial charge on any atom is 0.143 e. The van der Waals surface area contributed by atoms with E-state index in [0.29, 0.717) is 16.6 Å². The molecule has 2 heterocycles. The fraction of sp³-hybridized carbons (Fsp3) is 0.500. The van der Waals surface area contributed by atoms with Crippen LogP contribution in [0.15, 0.2) is 12.3 Å². The highest BCUT2D eigenvalue weighted by Gasteiger charge is 2.21. The lowest BCUT2D eigenvalue weighted by atomic mass is 10.3. The molecule has 1 saturated heterocycles. The number of nitrogens with zero attached hydrogens (tertiary/aromatic N) is 2. The monoisotopic (exact) mass is 227 g/mol. The van der Waals surface area contributed by atoms with E-state index in [0.717, 1.165) is 19.5 Å². The summed E-state index contributed by atoms with van der Waals surface area (Å²) in [5, 5.41) is 0.513. The third-order valence-electron chi connectivity index (χ3n) is 2.48. The lowest BCUT2D eigenvalue weighted by molar-refractivity contribution is 0.208. The van der Waals surface area contributed by atoms with E-state index in [1.165, 1.54) is 6.20 Å². The molecular formula is C10H14ClN3O. The van der Waals surface area contributed by atoms with Gasteiger partial charge in [-0.15, -0.1) is 0 Å². The summed E-state index contributed by atoms with van der Waals surface area (Å²) in [6.07, 6.45) is 2.74. The standard InChI is InChI=1S/C10H14ClN3O/c1-14-3-2-7(6-14)15-9-4-10(12)13-5-8(9)11/h4-5,7H,2-3,6H2,1H3,(H2,12,13)/t7-/m0/s1. The number of ether oxygens (including phenoxy) is 1. The molecule has 0 amide bonds. The Bertz CT molecular complexity index is 359. The quantitative estimate of drug-likeness (QED) is 0.830. The van der Waals surface area contributed by atoms with Gasteiger partial charge in [-0.2, -0.15) is 0 Å². The zero-order valence-corrected chi connectivity index (χ0v) is 9.37. The summed E-state index contributed by atoms with van der Waals surface area (Å²) in [5.41, 5.74) is 5.57. The molecule has 1 aliphatic rings. The van der Waals surface area contributed by atoms with Gasteiger partial charge >= 0.3 is 0 Å². The first kappa shape index (κ1) is 10.5. The van der Waals surface area contributed by atoms with Gasteiger partial charge in [0.15, 0.2) is 0 Å². The summed E-state index contributed by atoms with van der Waals surface area (Å²) in [6, 6.07) is 1.67. The van der Waals surface area contributed by atoms with Gasteiger partial charge in [0.1, 0.15) is 22.7 Å². The minimum absolute atomic E-state index is 0.203. The van der Waals surface area contributed by atoms with Crippen molar-refractivity contribution in [2.75, 3.05) is 25.9 Å². The highest BCUT2D eigenvalue weighted by molar-refractivity contribution is 6.31. The molecule has 1 fully saturated rings. The van der Waals surface area contributed by atoms with Crippen LogP contribution in [0, 0.1) is 0 Å². The molecule has 15 heavy (non-hydrogen) atoms. The Morgan fingerprint density at radius 1 is 1.67 bits per heavy atom. The van der Waals surface area contributed by atoms with Crippen LogP contribution in [-0.2, 0) is 0 Å². The molecule has 5 heteroatoms. The first-order valence-electron chi connectivity index (χ1n) is 4.91. The van der Waals surface area contributed by atoms with Crippen LogP contribution in [0.3, 0.4) is 0 Å². The predicted molar refractivity (Wildman–Crippen MR) is 60.2 cm³/mol. The van der Waals surface area contributed by atoms with Crippen molar-refractivity contribution >= 4 is 17.4 Å².